The van der Waals surface area contributed by atoms with Gasteiger partial charge in [-0.15, -0.1) is 0 Å². The van der Waals surface area contributed by atoms with Gasteiger partial charge >= 0.3 is 6.18 Å². The molecule has 7 heteroatoms. The second kappa shape index (κ2) is 7.80. The van der Waals surface area contributed by atoms with Crippen molar-refractivity contribution in [3.8, 4) is 0 Å². The van der Waals surface area contributed by atoms with Crippen molar-refractivity contribution in [1.29, 1.82) is 0 Å². The standard InChI is InChI=1S/C25H29F4NO2/c1-12(2)23-20-14(13-5-7-15(16(26)9-13)25(27,28)29)6-8-18(31)22(20)21-17(30-23)10-24(3,4)11-19(21)32/h5,7,9,12,14,18-19,31-32H,6,8,10-11H2,1-4H3. The minimum Gasteiger partial charge on any atom is -0.388 e. The van der Waals surface area contributed by atoms with Crippen LogP contribution >= 0.6 is 0 Å². The van der Waals surface area contributed by atoms with E-state index in [4.69, 9.17) is 4.98 Å². The summed E-state index contributed by atoms with van der Waals surface area (Å²) in [5.41, 5.74) is 2.54. The normalized spacial score (nSPS) is 24.9. The smallest absolute Gasteiger partial charge is 0.388 e. The lowest BCUT2D eigenvalue weighted by Gasteiger charge is -2.40. The summed E-state index contributed by atoms with van der Waals surface area (Å²) in [5.74, 6) is -1.72. The van der Waals surface area contributed by atoms with E-state index in [1.54, 1.807) is 0 Å². The van der Waals surface area contributed by atoms with Gasteiger partial charge in [0.2, 0.25) is 0 Å². The Morgan fingerprint density at radius 3 is 2.31 bits per heavy atom. The molecule has 0 amide bonds. The van der Waals surface area contributed by atoms with Crippen LogP contribution in [0.1, 0.15) is 110 Å². The highest BCUT2D eigenvalue weighted by Gasteiger charge is 2.41. The lowest BCUT2D eigenvalue weighted by Crippen LogP contribution is -2.31. The molecule has 2 N–H and O–H groups in total. The molecule has 0 saturated heterocycles. The van der Waals surface area contributed by atoms with Crippen molar-refractivity contribution >= 4 is 0 Å². The Morgan fingerprint density at radius 1 is 1.03 bits per heavy atom. The monoisotopic (exact) mass is 451 g/mol. The molecule has 2 aromatic rings. The van der Waals surface area contributed by atoms with E-state index in [-0.39, 0.29) is 11.3 Å². The second-order valence-corrected chi connectivity index (χ2v) is 10.3. The number of rotatable bonds is 2. The van der Waals surface area contributed by atoms with Crippen LogP contribution in [0, 0.1) is 11.2 Å². The molecule has 32 heavy (non-hydrogen) atoms. The zero-order valence-electron chi connectivity index (χ0n) is 18.7. The number of hydrogen-bond acceptors (Lipinski definition) is 3. The molecule has 1 aromatic carbocycles. The van der Waals surface area contributed by atoms with E-state index in [0.717, 1.165) is 29.1 Å². The van der Waals surface area contributed by atoms with Crippen molar-refractivity contribution < 1.29 is 27.8 Å². The number of alkyl halides is 3. The first-order chi connectivity index (χ1) is 14.8. The molecule has 3 nitrogen and oxygen atoms in total. The highest BCUT2D eigenvalue weighted by Crippen LogP contribution is 2.51. The van der Waals surface area contributed by atoms with E-state index in [0.29, 0.717) is 42.4 Å². The molecule has 0 spiro atoms. The van der Waals surface area contributed by atoms with E-state index in [1.807, 2.05) is 13.8 Å². The third-order valence-corrected chi connectivity index (χ3v) is 6.81. The first kappa shape index (κ1) is 23.2. The molecular weight excluding hydrogens is 422 g/mol. The average molecular weight is 452 g/mol. The topological polar surface area (TPSA) is 53.4 Å². The summed E-state index contributed by atoms with van der Waals surface area (Å²) in [7, 11) is 0. The number of aliphatic hydroxyl groups is 2. The minimum absolute atomic E-state index is 0.0108. The summed E-state index contributed by atoms with van der Waals surface area (Å²) < 4.78 is 53.6. The molecular formula is C25H29F4NO2. The van der Waals surface area contributed by atoms with Crippen molar-refractivity contribution in [3.63, 3.8) is 0 Å². The van der Waals surface area contributed by atoms with Crippen molar-refractivity contribution in [1.82, 2.24) is 4.98 Å². The second-order valence-electron chi connectivity index (χ2n) is 10.3. The van der Waals surface area contributed by atoms with Crippen LogP contribution in [0.25, 0.3) is 0 Å². The fraction of sp³-hybridized carbons (Fsp3) is 0.560. The molecule has 0 aliphatic heterocycles. The highest BCUT2D eigenvalue weighted by molar-refractivity contribution is 5.52. The lowest BCUT2D eigenvalue weighted by molar-refractivity contribution is -0.140. The predicted octanol–water partition coefficient (Wildman–Crippen LogP) is 6.33. The van der Waals surface area contributed by atoms with Gasteiger partial charge in [-0.2, -0.15) is 13.2 Å². The van der Waals surface area contributed by atoms with E-state index in [1.165, 1.54) is 6.07 Å². The van der Waals surface area contributed by atoms with Crippen LogP contribution in [-0.2, 0) is 12.6 Å². The Hall–Kier alpha value is -1.99. The van der Waals surface area contributed by atoms with E-state index in [2.05, 4.69) is 13.8 Å². The van der Waals surface area contributed by atoms with Crippen molar-refractivity contribution in [2.45, 2.75) is 83.6 Å². The van der Waals surface area contributed by atoms with Crippen LogP contribution < -0.4 is 0 Å². The largest absolute Gasteiger partial charge is 0.419 e. The number of aliphatic hydroxyl groups excluding tert-OH is 2. The Bertz CT molecular complexity index is 1050. The number of pyridine rings is 1. The van der Waals surface area contributed by atoms with Crippen molar-refractivity contribution in [2.24, 2.45) is 5.41 Å². The number of aromatic nitrogens is 1. The molecule has 0 radical (unpaired) electrons. The van der Waals surface area contributed by atoms with Gasteiger partial charge in [0.05, 0.1) is 17.8 Å². The van der Waals surface area contributed by atoms with Crippen molar-refractivity contribution in [3.05, 3.63) is 63.2 Å². The zero-order chi connectivity index (χ0) is 23.6. The Labute approximate surface area is 185 Å². The molecule has 0 fully saturated rings. The van der Waals surface area contributed by atoms with Gasteiger partial charge in [0.15, 0.2) is 0 Å². The van der Waals surface area contributed by atoms with E-state index >= 15 is 0 Å². The lowest BCUT2D eigenvalue weighted by atomic mass is 9.68. The summed E-state index contributed by atoms with van der Waals surface area (Å²) in [5, 5.41) is 22.0. The Balaban J connectivity index is 1.93. The SMILES string of the molecule is CC(C)c1nc2c(c3c1C(c1ccc(C(F)(F)F)c(F)c1)CCC3O)C(O)CC(C)(C)C2. The Morgan fingerprint density at radius 2 is 1.72 bits per heavy atom. The van der Waals surface area contributed by atoms with Gasteiger partial charge in [-0.25, -0.2) is 4.39 Å². The summed E-state index contributed by atoms with van der Waals surface area (Å²) >= 11 is 0. The quantitative estimate of drug-likeness (QED) is 0.525. The molecule has 174 valence electrons. The highest BCUT2D eigenvalue weighted by atomic mass is 19.4. The fourth-order valence-electron chi connectivity index (χ4n) is 5.45. The van der Waals surface area contributed by atoms with Gasteiger partial charge < -0.3 is 10.2 Å². The summed E-state index contributed by atoms with van der Waals surface area (Å²) in [6, 6.07) is 3.06. The van der Waals surface area contributed by atoms with E-state index in [9.17, 15) is 27.8 Å². The third kappa shape index (κ3) is 3.94. The van der Waals surface area contributed by atoms with Gasteiger partial charge in [0.25, 0.3) is 0 Å². The molecule has 2 aliphatic rings. The molecule has 3 atom stereocenters. The third-order valence-electron chi connectivity index (χ3n) is 6.81. The number of halogens is 4. The fourth-order valence-corrected chi connectivity index (χ4v) is 5.45. The van der Waals surface area contributed by atoms with Gasteiger partial charge in [-0.1, -0.05) is 33.8 Å². The average Bonchev–Trinajstić information content (AvgIpc) is 2.65. The van der Waals surface area contributed by atoms with Gasteiger partial charge in [-0.3, -0.25) is 4.98 Å². The van der Waals surface area contributed by atoms with E-state index < -0.39 is 35.7 Å². The molecule has 3 unspecified atom stereocenters. The molecule has 0 saturated carbocycles. The van der Waals surface area contributed by atoms with Crippen LogP contribution in [0.4, 0.5) is 17.6 Å². The maximum Gasteiger partial charge on any atom is 0.419 e. The Kier molecular flexibility index (Phi) is 5.65. The number of benzene rings is 1. The molecule has 1 heterocycles. The van der Waals surface area contributed by atoms with Crippen molar-refractivity contribution in [2.75, 3.05) is 0 Å². The number of hydrogen-bond donors (Lipinski definition) is 2. The first-order valence-electron chi connectivity index (χ1n) is 11.1. The summed E-state index contributed by atoms with van der Waals surface area (Å²) in [4.78, 5) is 4.92. The van der Waals surface area contributed by atoms with Crippen LogP contribution in [0.15, 0.2) is 18.2 Å². The number of nitrogens with zero attached hydrogens (tertiary/aromatic N) is 1. The zero-order valence-corrected chi connectivity index (χ0v) is 18.7. The van der Waals surface area contributed by atoms with Gasteiger partial charge in [-0.05, 0) is 65.8 Å². The summed E-state index contributed by atoms with van der Waals surface area (Å²) in [6.07, 6.45) is -4.31. The molecule has 1 aromatic heterocycles. The molecule has 0 bridgehead atoms. The maximum atomic E-state index is 14.4. The van der Waals surface area contributed by atoms with Crippen LogP contribution in [0.5, 0.6) is 0 Å². The summed E-state index contributed by atoms with van der Waals surface area (Å²) in [6.45, 7) is 8.09. The molecule has 2 aliphatic carbocycles. The predicted molar refractivity (Wildman–Crippen MR) is 113 cm³/mol. The van der Waals surface area contributed by atoms with Crippen LogP contribution in [0.3, 0.4) is 0 Å². The molecule has 4 rings (SSSR count). The first-order valence-corrected chi connectivity index (χ1v) is 11.1. The minimum atomic E-state index is -4.76. The van der Waals surface area contributed by atoms with Gasteiger partial charge in [0.1, 0.15) is 5.82 Å². The van der Waals surface area contributed by atoms with Crippen LogP contribution in [0.2, 0.25) is 0 Å². The van der Waals surface area contributed by atoms with Crippen LogP contribution in [-0.4, -0.2) is 15.2 Å². The number of fused-ring (bicyclic) bond motifs is 3. The maximum absolute atomic E-state index is 14.4. The van der Waals surface area contributed by atoms with Gasteiger partial charge in [0, 0.05) is 22.9 Å².